The van der Waals surface area contributed by atoms with Gasteiger partial charge in [-0.3, -0.25) is 14.6 Å². The van der Waals surface area contributed by atoms with Crippen molar-refractivity contribution < 1.29 is 0 Å². The molecule has 1 aromatic carbocycles. The number of guanidine groups is 1. The number of aromatic nitrogens is 2. The lowest BCUT2D eigenvalue weighted by Crippen LogP contribution is -2.52. The fourth-order valence-corrected chi connectivity index (χ4v) is 5.08. The zero-order valence-corrected chi connectivity index (χ0v) is 20.9. The molecule has 2 aliphatic rings. The number of hydrogen-bond donors (Lipinski definition) is 2. The highest BCUT2D eigenvalue weighted by Gasteiger charge is 2.40. The molecule has 2 aromatic rings. The second kappa shape index (κ2) is 10.1. The van der Waals surface area contributed by atoms with E-state index in [1.807, 2.05) is 18.8 Å². The summed E-state index contributed by atoms with van der Waals surface area (Å²) in [5, 5.41) is 11.7. The van der Waals surface area contributed by atoms with Crippen LogP contribution in [-0.4, -0.2) is 45.8 Å². The second-order valence-electron chi connectivity index (χ2n) is 8.55. The smallest absolute Gasteiger partial charge is 0.191 e. The predicted molar refractivity (Wildman–Crippen MR) is 133 cm³/mol. The third-order valence-corrected chi connectivity index (χ3v) is 6.75. The van der Waals surface area contributed by atoms with Gasteiger partial charge in [0, 0.05) is 56.6 Å². The van der Waals surface area contributed by atoms with Crippen LogP contribution in [0, 0.1) is 13.8 Å². The molecule has 4 rings (SSSR count). The molecule has 6 nitrogen and oxygen atoms in total. The summed E-state index contributed by atoms with van der Waals surface area (Å²) < 4.78 is 1.95. The lowest BCUT2D eigenvalue weighted by Gasteiger charge is -2.39. The van der Waals surface area contributed by atoms with Gasteiger partial charge in [0.25, 0.3) is 0 Å². The minimum absolute atomic E-state index is 0. The van der Waals surface area contributed by atoms with Crippen LogP contribution in [-0.2, 0) is 20.1 Å². The molecule has 2 saturated heterocycles. The maximum Gasteiger partial charge on any atom is 0.191 e. The van der Waals surface area contributed by atoms with E-state index in [2.05, 4.69) is 69.8 Å². The number of aryl methyl sites for hydroxylation is 2. The third kappa shape index (κ3) is 4.99. The van der Waals surface area contributed by atoms with Gasteiger partial charge in [-0.2, -0.15) is 5.10 Å². The number of piperidine rings is 1. The first-order chi connectivity index (χ1) is 14.0. The van der Waals surface area contributed by atoms with Gasteiger partial charge >= 0.3 is 0 Å². The minimum atomic E-state index is 0. The molecule has 2 fully saturated rings. The van der Waals surface area contributed by atoms with Crippen LogP contribution in [0.2, 0.25) is 0 Å². The number of fused-ring (bicyclic) bond motifs is 2. The van der Waals surface area contributed by atoms with Gasteiger partial charge in [-0.05, 0) is 45.1 Å². The zero-order chi connectivity index (χ0) is 20.4. The van der Waals surface area contributed by atoms with Gasteiger partial charge in [0.15, 0.2) is 5.96 Å². The number of halogens is 1. The van der Waals surface area contributed by atoms with Crippen LogP contribution >= 0.6 is 24.0 Å². The Bertz CT molecular complexity index is 848. The number of nitrogens with one attached hydrogen (secondary N) is 2. The molecular formula is C23H35IN6. The molecule has 2 bridgehead atoms. The minimum Gasteiger partial charge on any atom is -0.354 e. The van der Waals surface area contributed by atoms with E-state index in [1.54, 1.807) is 0 Å². The van der Waals surface area contributed by atoms with E-state index in [-0.39, 0.29) is 24.0 Å². The van der Waals surface area contributed by atoms with Gasteiger partial charge in [-0.1, -0.05) is 30.3 Å². The van der Waals surface area contributed by atoms with E-state index < -0.39 is 0 Å². The van der Waals surface area contributed by atoms with Crippen molar-refractivity contribution in [2.24, 2.45) is 12.0 Å². The Balaban J connectivity index is 0.00000256. The van der Waals surface area contributed by atoms with Crippen molar-refractivity contribution in [3.63, 3.8) is 0 Å². The molecule has 2 aliphatic heterocycles. The first kappa shape index (κ1) is 23.1. The van der Waals surface area contributed by atoms with Crippen LogP contribution in [0.5, 0.6) is 0 Å². The van der Waals surface area contributed by atoms with Gasteiger partial charge in [0.2, 0.25) is 0 Å². The lowest BCUT2D eigenvalue weighted by molar-refractivity contribution is 0.114. The van der Waals surface area contributed by atoms with Crippen LogP contribution in [0.15, 0.2) is 35.3 Å². The highest BCUT2D eigenvalue weighted by atomic mass is 127. The molecule has 30 heavy (non-hydrogen) atoms. The fourth-order valence-electron chi connectivity index (χ4n) is 5.08. The second-order valence-corrected chi connectivity index (χ2v) is 8.55. The van der Waals surface area contributed by atoms with Gasteiger partial charge in [0.1, 0.15) is 0 Å². The summed E-state index contributed by atoms with van der Waals surface area (Å²) in [4.78, 5) is 7.20. The number of aliphatic imine (C=N–C) groups is 1. The van der Waals surface area contributed by atoms with E-state index in [0.717, 1.165) is 24.7 Å². The Kier molecular flexibility index (Phi) is 7.79. The molecule has 7 heteroatoms. The van der Waals surface area contributed by atoms with Gasteiger partial charge in [0.05, 0.1) is 5.69 Å². The van der Waals surface area contributed by atoms with E-state index >= 15 is 0 Å². The number of nitrogens with zero attached hydrogens (tertiary/aromatic N) is 4. The van der Waals surface area contributed by atoms with Crippen LogP contribution in [0.4, 0.5) is 0 Å². The van der Waals surface area contributed by atoms with Crippen LogP contribution in [0.1, 0.15) is 48.2 Å². The van der Waals surface area contributed by atoms with Crippen molar-refractivity contribution >= 4 is 29.9 Å². The summed E-state index contributed by atoms with van der Waals surface area (Å²) in [5.41, 5.74) is 4.97. The van der Waals surface area contributed by atoms with Crippen molar-refractivity contribution in [2.75, 3.05) is 7.05 Å². The van der Waals surface area contributed by atoms with Gasteiger partial charge in [-0.25, -0.2) is 0 Å². The zero-order valence-electron chi connectivity index (χ0n) is 18.6. The summed E-state index contributed by atoms with van der Waals surface area (Å²) in [6.45, 7) is 6.02. The molecule has 3 heterocycles. The predicted octanol–water partition coefficient (Wildman–Crippen LogP) is 3.52. The molecule has 0 aliphatic carbocycles. The van der Waals surface area contributed by atoms with Crippen molar-refractivity contribution in [1.82, 2.24) is 25.3 Å². The van der Waals surface area contributed by atoms with Crippen molar-refractivity contribution in [1.29, 1.82) is 0 Å². The van der Waals surface area contributed by atoms with E-state index in [4.69, 9.17) is 0 Å². The van der Waals surface area contributed by atoms with Crippen LogP contribution in [0.25, 0.3) is 0 Å². The first-order valence-electron chi connectivity index (χ1n) is 10.8. The van der Waals surface area contributed by atoms with Gasteiger partial charge < -0.3 is 10.6 Å². The normalized spacial score (nSPS) is 23.9. The number of benzene rings is 1. The van der Waals surface area contributed by atoms with E-state index in [9.17, 15) is 0 Å². The lowest BCUT2D eigenvalue weighted by atomic mass is 9.96. The number of hydrogen-bond acceptors (Lipinski definition) is 3. The topological polar surface area (TPSA) is 57.5 Å². The summed E-state index contributed by atoms with van der Waals surface area (Å²) in [6, 6.07) is 12.7. The molecular weight excluding hydrogens is 487 g/mol. The van der Waals surface area contributed by atoms with Crippen molar-refractivity contribution in [2.45, 2.75) is 70.7 Å². The molecule has 2 unspecified atom stereocenters. The first-order valence-corrected chi connectivity index (χ1v) is 10.8. The number of rotatable bonds is 5. The molecule has 164 valence electrons. The standard InChI is InChI=1S/C23H34N6.HI/c1-16-22(17(2)28(4)27-16)14-25-23(24-3)26-19-12-20-10-11-21(13-19)29(20)15-18-8-6-5-7-9-18;/h5-9,19-21H,10-15H2,1-4H3,(H2,24,25,26);1H. The molecule has 1 aromatic heterocycles. The van der Waals surface area contributed by atoms with E-state index in [0.29, 0.717) is 18.1 Å². The summed E-state index contributed by atoms with van der Waals surface area (Å²) in [5.74, 6) is 0.897. The maximum atomic E-state index is 4.51. The maximum absolute atomic E-state index is 4.51. The Morgan fingerprint density at radius 1 is 1.13 bits per heavy atom. The Morgan fingerprint density at radius 3 is 2.37 bits per heavy atom. The highest BCUT2D eigenvalue weighted by Crippen LogP contribution is 2.36. The SMILES string of the molecule is CN=C(NCc1c(C)nn(C)c1C)NC1CC2CCC(C1)N2Cc1ccccc1.I. The molecule has 2 N–H and O–H groups in total. The summed E-state index contributed by atoms with van der Waals surface area (Å²) in [6.07, 6.45) is 5.01. The average molecular weight is 522 g/mol. The molecule has 0 amide bonds. The van der Waals surface area contributed by atoms with Crippen LogP contribution in [0.3, 0.4) is 0 Å². The Hall–Kier alpha value is -1.61. The molecule has 2 atom stereocenters. The highest BCUT2D eigenvalue weighted by molar-refractivity contribution is 14.0. The van der Waals surface area contributed by atoms with Crippen molar-refractivity contribution in [3.8, 4) is 0 Å². The Labute approximate surface area is 197 Å². The summed E-state index contributed by atoms with van der Waals surface area (Å²) >= 11 is 0. The van der Waals surface area contributed by atoms with Gasteiger partial charge in [-0.15, -0.1) is 24.0 Å². The average Bonchev–Trinajstić information content (AvgIpc) is 3.09. The van der Waals surface area contributed by atoms with E-state index in [1.165, 1.54) is 42.5 Å². The quantitative estimate of drug-likeness (QED) is 0.359. The van der Waals surface area contributed by atoms with Crippen LogP contribution < -0.4 is 10.6 Å². The molecule has 0 radical (unpaired) electrons. The Morgan fingerprint density at radius 2 is 1.80 bits per heavy atom. The largest absolute Gasteiger partial charge is 0.354 e. The third-order valence-electron chi connectivity index (χ3n) is 6.75. The molecule has 0 spiro atoms. The summed E-state index contributed by atoms with van der Waals surface area (Å²) in [7, 11) is 3.86. The van der Waals surface area contributed by atoms with Crippen molar-refractivity contribution in [3.05, 3.63) is 52.8 Å². The fraction of sp³-hybridized carbons (Fsp3) is 0.565. The monoisotopic (exact) mass is 522 g/mol. The molecule has 0 saturated carbocycles.